The van der Waals surface area contributed by atoms with E-state index in [4.69, 9.17) is 0 Å². The first-order valence-corrected chi connectivity index (χ1v) is 4.41. The monoisotopic (exact) mass is 195 g/mol. The lowest BCUT2D eigenvalue weighted by Crippen LogP contribution is -1.96. The summed E-state index contributed by atoms with van der Waals surface area (Å²) in [6.07, 6.45) is 0. The lowest BCUT2D eigenvalue weighted by molar-refractivity contribution is -0.385. The molecule has 0 atom stereocenters. The number of benzene rings is 1. The molecule has 0 aliphatic carbocycles. The predicted octanol–water partition coefficient (Wildman–Crippen LogP) is 2.73. The average molecular weight is 195 g/mol. The van der Waals surface area contributed by atoms with Gasteiger partial charge >= 0.3 is 0 Å². The lowest BCUT2D eigenvalue weighted by Gasteiger charge is -2.08. The molecule has 4 nitrogen and oxygen atoms in total. The molecule has 0 radical (unpaired) electrons. The number of phenolic OH excluding ortho intramolecular Hbond substituents is 1. The third kappa shape index (κ3) is 1.84. The van der Waals surface area contributed by atoms with Crippen molar-refractivity contribution in [3.63, 3.8) is 0 Å². The summed E-state index contributed by atoms with van der Waals surface area (Å²) < 4.78 is 0. The molecule has 0 aromatic heterocycles. The highest BCUT2D eigenvalue weighted by Gasteiger charge is 2.16. The zero-order valence-corrected chi connectivity index (χ0v) is 8.44. The minimum Gasteiger partial charge on any atom is -0.508 e. The summed E-state index contributed by atoms with van der Waals surface area (Å²) in [5, 5.41) is 20.2. The van der Waals surface area contributed by atoms with E-state index in [1.165, 1.54) is 12.1 Å². The molecular formula is C10H13NO3. The van der Waals surface area contributed by atoms with Gasteiger partial charge in [-0.05, 0) is 18.9 Å². The smallest absolute Gasteiger partial charge is 0.272 e. The summed E-state index contributed by atoms with van der Waals surface area (Å²) in [6, 6.07) is 2.88. The maximum absolute atomic E-state index is 10.6. The first kappa shape index (κ1) is 10.5. The highest BCUT2D eigenvalue weighted by atomic mass is 16.6. The fraction of sp³-hybridized carbons (Fsp3) is 0.400. The second kappa shape index (κ2) is 3.65. The molecule has 4 heteroatoms. The largest absolute Gasteiger partial charge is 0.508 e. The van der Waals surface area contributed by atoms with Gasteiger partial charge in [-0.2, -0.15) is 0 Å². The number of nitro benzene ring substituents is 1. The molecule has 0 saturated heterocycles. The van der Waals surface area contributed by atoms with Gasteiger partial charge in [0.1, 0.15) is 5.75 Å². The molecule has 0 aliphatic rings. The number of aromatic hydroxyl groups is 1. The normalized spacial score (nSPS) is 10.6. The van der Waals surface area contributed by atoms with Crippen LogP contribution in [-0.4, -0.2) is 10.0 Å². The van der Waals surface area contributed by atoms with Gasteiger partial charge in [0.25, 0.3) is 5.69 Å². The molecule has 1 aromatic carbocycles. The minimum atomic E-state index is -0.430. The van der Waals surface area contributed by atoms with Crippen LogP contribution in [0.25, 0.3) is 0 Å². The van der Waals surface area contributed by atoms with Crippen LogP contribution in [0.3, 0.4) is 0 Å². The summed E-state index contributed by atoms with van der Waals surface area (Å²) in [6.45, 7) is 5.38. The van der Waals surface area contributed by atoms with Crippen LogP contribution in [0.2, 0.25) is 0 Å². The van der Waals surface area contributed by atoms with E-state index in [1.807, 2.05) is 13.8 Å². The van der Waals surface area contributed by atoms with Crippen LogP contribution in [0.5, 0.6) is 5.75 Å². The number of hydrogen-bond acceptors (Lipinski definition) is 3. The van der Waals surface area contributed by atoms with E-state index in [9.17, 15) is 15.2 Å². The molecule has 1 aromatic rings. The standard InChI is InChI=1S/C10H13NO3/c1-6(2)8-5-9(11(13)14)7(3)4-10(8)12/h4-6,12H,1-3H3. The number of nitro groups is 1. The number of hydrogen-bond donors (Lipinski definition) is 1. The van der Waals surface area contributed by atoms with Crippen molar-refractivity contribution in [1.82, 2.24) is 0 Å². The third-order valence-electron chi connectivity index (χ3n) is 2.16. The first-order valence-electron chi connectivity index (χ1n) is 4.41. The molecule has 1 N–H and O–H groups in total. The van der Waals surface area contributed by atoms with E-state index < -0.39 is 4.92 Å². The molecule has 0 saturated carbocycles. The zero-order chi connectivity index (χ0) is 10.9. The van der Waals surface area contributed by atoms with Crippen molar-refractivity contribution in [3.8, 4) is 5.75 Å². The van der Waals surface area contributed by atoms with E-state index in [-0.39, 0.29) is 17.4 Å². The SMILES string of the molecule is Cc1cc(O)c(C(C)C)cc1[N+](=O)[O-]. The van der Waals surface area contributed by atoms with Crippen molar-refractivity contribution in [1.29, 1.82) is 0 Å². The van der Waals surface area contributed by atoms with Crippen molar-refractivity contribution < 1.29 is 10.0 Å². The fourth-order valence-electron chi connectivity index (χ4n) is 1.36. The lowest BCUT2D eigenvalue weighted by atomic mass is 9.99. The van der Waals surface area contributed by atoms with Crippen LogP contribution in [0.15, 0.2) is 12.1 Å². The van der Waals surface area contributed by atoms with Gasteiger partial charge in [0.15, 0.2) is 0 Å². The number of nitrogens with zero attached hydrogens (tertiary/aromatic N) is 1. The van der Waals surface area contributed by atoms with Crippen LogP contribution in [0.1, 0.15) is 30.9 Å². The van der Waals surface area contributed by atoms with Gasteiger partial charge in [-0.15, -0.1) is 0 Å². The summed E-state index contributed by atoms with van der Waals surface area (Å²) in [4.78, 5) is 10.2. The van der Waals surface area contributed by atoms with Crippen LogP contribution >= 0.6 is 0 Å². The number of rotatable bonds is 2. The molecule has 1 rings (SSSR count). The van der Waals surface area contributed by atoms with Crippen LogP contribution in [0, 0.1) is 17.0 Å². The van der Waals surface area contributed by atoms with E-state index in [1.54, 1.807) is 6.92 Å². The molecule has 0 bridgehead atoms. The van der Waals surface area contributed by atoms with Crippen LogP contribution in [0.4, 0.5) is 5.69 Å². The molecular weight excluding hydrogens is 182 g/mol. The highest BCUT2D eigenvalue weighted by molar-refractivity contribution is 5.50. The molecule has 0 unspecified atom stereocenters. The second-order valence-electron chi connectivity index (χ2n) is 3.61. The second-order valence-corrected chi connectivity index (χ2v) is 3.61. The summed E-state index contributed by atoms with van der Waals surface area (Å²) in [7, 11) is 0. The van der Waals surface area contributed by atoms with E-state index in [0.717, 1.165) is 0 Å². The summed E-state index contributed by atoms with van der Waals surface area (Å²) in [5.41, 5.74) is 1.16. The highest BCUT2D eigenvalue weighted by Crippen LogP contribution is 2.31. The Labute approximate surface area is 82.3 Å². The van der Waals surface area contributed by atoms with Crippen molar-refractivity contribution in [2.45, 2.75) is 26.7 Å². The molecule has 14 heavy (non-hydrogen) atoms. The third-order valence-corrected chi connectivity index (χ3v) is 2.16. The molecule has 76 valence electrons. The molecule has 0 aliphatic heterocycles. The Kier molecular flexibility index (Phi) is 2.74. The minimum absolute atomic E-state index is 0.0616. The Balaban J connectivity index is 3.34. The fourth-order valence-corrected chi connectivity index (χ4v) is 1.36. The van der Waals surface area contributed by atoms with Gasteiger partial charge in [0.05, 0.1) is 4.92 Å². The average Bonchev–Trinajstić information content (AvgIpc) is 2.02. The van der Waals surface area contributed by atoms with E-state index in [0.29, 0.717) is 11.1 Å². The van der Waals surface area contributed by atoms with Gasteiger partial charge in [-0.1, -0.05) is 13.8 Å². The van der Waals surface area contributed by atoms with Gasteiger partial charge < -0.3 is 5.11 Å². The van der Waals surface area contributed by atoms with Crippen molar-refractivity contribution in [2.75, 3.05) is 0 Å². The number of phenols is 1. The van der Waals surface area contributed by atoms with E-state index >= 15 is 0 Å². The molecule has 0 amide bonds. The maximum Gasteiger partial charge on any atom is 0.272 e. The molecule has 0 heterocycles. The van der Waals surface area contributed by atoms with Gasteiger partial charge in [-0.3, -0.25) is 10.1 Å². The Hall–Kier alpha value is -1.58. The summed E-state index contributed by atoms with van der Waals surface area (Å²) >= 11 is 0. The van der Waals surface area contributed by atoms with E-state index in [2.05, 4.69) is 0 Å². The topological polar surface area (TPSA) is 63.4 Å². The zero-order valence-electron chi connectivity index (χ0n) is 8.44. The van der Waals surface area contributed by atoms with Crippen molar-refractivity contribution >= 4 is 5.69 Å². The Morgan fingerprint density at radius 3 is 2.43 bits per heavy atom. The van der Waals surface area contributed by atoms with Crippen LogP contribution in [-0.2, 0) is 0 Å². The molecule has 0 spiro atoms. The maximum atomic E-state index is 10.6. The van der Waals surface area contributed by atoms with Crippen molar-refractivity contribution in [3.05, 3.63) is 33.4 Å². The van der Waals surface area contributed by atoms with Crippen LogP contribution < -0.4 is 0 Å². The Morgan fingerprint density at radius 2 is 2.00 bits per heavy atom. The van der Waals surface area contributed by atoms with Gasteiger partial charge in [0, 0.05) is 17.2 Å². The van der Waals surface area contributed by atoms with Crippen molar-refractivity contribution in [2.24, 2.45) is 0 Å². The first-order chi connectivity index (χ1) is 6.43. The van der Waals surface area contributed by atoms with Gasteiger partial charge in [-0.25, -0.2) is 0 Å². The summed E-state index contributed by atoms with van der Waals surface area (Å²) in [5.74, 6) is 0.206. The molecule has 0 fully saturated rings. The predicted molar refractivity (Wildman–Crippen MR) is 53.6 cm³/mol. The Bertz CT molecular complexity index is 372. The Morgan fingerprint density at radius 1 is 1.43 bits per heavy atom. The number of aryl methyl sites for hydroxylation is 1. The van der Waals surface area contributed by atoms with Gasteiger partial charge in [0.2, 0.25) is 0 Å². The quantitative estimate of drug-likeness (QED) is 0.583.